The van der Waals surface area contributed by atoms with Crippen molar-refractivity contribution in [1.29, 1.82) is 0 Å². The third-order valence-corrected chi connectivity index (χ3v) is 15.1. The molecule has 0 aliphatic carbocycles. The monoisotopic (exact) mass is 350 g/mol. The Morgan fingerprint density at radius 1 is 0.765 bits per heavy atom. The Labute approximate surface area is 115 Å². The second kappa shape index (κ2) is 6.44. The molecule has 0 heterocycles. The molecule has 0 atom stereocenters. The third-order valence-electron chi connectivity index (χ3n) is 2.25. The Kier molecular flexibility index (Phi) is 7.43. The first-order valence-corrected chi connectivity index (χ1v) is 10.4. The average molecular weight is 349 g/mol. The molecule has 0 N–H and O–H groups in total. The normalized spacial score (nSPS) is 12.6. The number of rotatable bonds is 0. The van der Waals surface area contributed by atoms with Crippen LogP contribution in [0.3, 0.4) is 0 Å². The second-order valence-corrected chi connectivity index (χ2v) is 22.6. The molecule has 0 bridgehead atoms. The summed E-state index contributed by atoms with van der Waals surface area (Å²) in [6.07, 6.45) is 0. The number of aliphatic carboxylic acids is 1. The van der Waals surface area contributed by atoms with Gasteiger partial charge in [0, 0.05) is 5.97 Å². The van der Waals surface area contributed by atoms with Gasteiger partial charge in [0.05, 0.1) is 0 Å². The fraction of sp³-hybridized carbons (Fsp3) is 0.929. The van der Waals surface area contributed by atoms with Gasteiger partial charge in [-0.3, -0.25) is 0 Å². The standard InChI is InChI=1S/3C4H9.C2H4O2.Sn/c3*1-4(2)3;1-2(3)4;/h3*1-3H3;1H3,(H,3,4);/q;;;;+1/p-1. The molecule has 0 aromatic carbocycles. The van der Waals surface area contributed by atoms with Gasteiger partial charge >= 0.3 is 92.4 Å². The van der Waals surface area contributed by atoms with Crippen LogP contribution in [-0.4, -0.2) is 25.7 Å². The predicted molar refractivity (Wildman–Crippen MR) is 75.6 cm³/mol. The Balaban J connectivity index is 0. The van der Waals surface area contributed by atoms with E-state index in [1.54, 1.807) is 0 Å². The molecular weight excluding hydrogens is 319 g/mol. The topological polar surface area (TPSA) is 40.1 Å². The zero-order chi connectivity index (χ0) is 14.7. The van der Waals surface area contributed by atoms with Gasteiger partial charge < -0.3 is 9.90 Å². The fourth-order valence-corrected chi connectivity index (χ4v) is 22.6. The van der Waals surface area contributed by atoms with Gasteiger partial charge in [-0.25, -0.2) is 0 Å². The van der Waals surface area contributed by atoms with E-state index in [9.17, 15) is 0 Å². The van der Waals surface area contributed by atoms with Gasteiger partial charge in [0.2, 0.25) is 0 Å². The van der Waals surface area contributed by atoms with Crippen molar-refractivity contribution in [2.24, 2.45) is 0 Å². The van der Waals surface area contributed by atoms with Gasteiger partial charge in [-0.15, -0.1) is 0 Å². The summed E-state index contributed by atoms with van der Waals surface area (Å²) < 4.78 is 1.75. The summed E-state index contributed by atoms with van der Waals surface area (Å²) in [5.41, 5.74) is 0. The molecule has 0 aromatic heterocycles. The Bertz CT molecular complexity index is 201. The first-order valence-electron chi connectivity index (χ1n) is 6.16. The zero-order valence-electron chi connectivity index (χ0n) is 13.3. The van der Waals surface area contributed by atoms with E-state index in [4.69, 9.17) is 9.90 Å². The molecule has 0 unspecified atom stereocenters. The number of carbonyl (C=O) groups is 1. The fourth-order valence-electron chi connectivity index (χ4n) is 3.38. The number of carboxylic acids is 1. The van der Waals surface area contributed by atoms with Crippen LogP contribution in [0.25, 0.3) is 0 Å². The molecule has 0 aliphatic rings. The van der Waals surface area contributed by atoms with Crippen LogP contribution in [0.1, 0.15) is 69.2 Å². The van der Waals surface area contributed by atoms with Crippen molar-refractivity contribution in [2.45, 2.75) is 79.5 Å². The molecule has 0 aromatic rings. The summed E-state index contributed by atoms with van der Waals surface area (Å²) >= 11 is -1.43. The van der Waals surface area contributed by atoms with Crippen LogP contribution in [0.2, 0.25) is 10.3 Å². The number of hydrogen-bond donors (Lipinski definition) is 0. The van der Waals surface area contributed by atoms with Crippen LogP contribution >= 0.6 is 0 Å². The molecule has 17 heavy (non-hydrogen) atoms. The number of hydrogen-bond acceptors (Lipinski definition) is 2. The molecule has 0 saturated carbocycles. The SMILES string of the molecule is CC(=O)[O-].C[C](C)(C)[Sn+]([C](C)(C)C)[C](C)(C)C. The van der Waals surface area contributed by atoms with Crippen molar-refractivity contribution in [1.82, 2.24) is 0 Å². The Morgan fingerprint density at radius 3 is 0.882 bits per heavy atom. The quantitative estimate of drug-likeness (QED) is 0.627. The van der Waals surface area contributed by atoms with Crippen molar-refractivity contribution in [3.05, 3.63) is 0 Å². The van der Waals surface area contributed by atoms with Crippen LogP contribution in [0.15, 0.2) is 0 Å². The summed E-state index contributed by atoms with van der Waals surface area (Å²) in [6.45, 7) is 23.0. The van der Waals surface area contributed by atoms with Crippen molar-refractivity contribution < 1.29 is 9.90 Å². The van der Waals surface area contributed by atoms with Crippen molar-refractivity contribution in [3.63, 3.8) is 0 Å². The molecule has 3 heteroatoms. The molecule has 0 saturated heterocycles. The molecule has 0 fully saturated rings. The molecule has 102 valence electrons. The van der Waals surface area contributed by atoms with Crippen LogP contribution in [0.5, 0.6) is 0 Å². The zero-order valence-corrected chi connectivity index (χ0v) is 16.2. The van der Waals surface area contributed by atoms with Crippen LogP contribution < -0.4 is 5.11 Å². The molecule has 0 rings (SSSR count). The second-order valence-electron chi connectivity index (χ2n) is 7.62. The van der Waals surface area contributed by atoms with Gasteiger partial charge in [-0.1, -0.05) is 0 Å². The van der Waals surface area contributed by atoms with Gasteiger partial charge in [-0.2, -0.15) is 0 Å². The minimum atomic E-state index is -1.43. The van der Waals surface area contributed by atoms with Gasteiger partial charge in [0.1, 0.15) is 0 Å². The summed E-state index contributed by atoms with van der Waals surface area (Å²) in [5.74, 6) is -1.08. The summed E-state index contributed by atoms with van der Waals surface area (Å²) in [5, 5.41) is 8.89. The van der Waals surface area contributed by atoms with Crippen LogP contribution in [0, 0.1) is 0 Å². The maximum absolute atomic E-state index is 8.89. The molecule has 0 radical (unpaired) electrons. The van der Waals surface area contributed by atoms with E-state index in [1.807, 2.05) is 0 Å². The van der Waals surface area contributed by atoms with E-state index in [0.717, 1.165) is 6.92 Å². The van der Waals surface area contributed by atoms with Crippen molar-refractivity contribution in [3.8, 4) is 0 Å². The van der Waals surface area contributed by atoms with Crippen molar-refractivity contribution in [2.75, 3.05) is 0 Å². The third kappa shape index (κ3) is 9.92. The predicted octanol–water partition coefficient (Wildman–Crippen LogP) is 3.64. The van der Waals surface area contributed by atoms with Crippen LogP contribution in [-0.2, 0) is 4.79 Å². The molecule has 0 amide bonds. The number of carbonyl (C=O) groups excluding carboxylic acids is 1. The number of carboxylic acid groups (broad SMARTS) is 1. The first kappa shape index (κ1) is 19.6. The Morgan fingerprint density at radius 2 is 0.882 bits per heavy atom. The summed E-state index contributed by atoms with van der Waals surface area (Å²) in [4.78, 5) is 8.89. The molecule has 0 aliphatic heterocycles. The van der Waals surface area contributed by atoms with Gasteiger partial charge in [0.25, 0.3) is 0 Å². The average Bonchev–Trinajstić information content (AvgIpc) is 1.69. The molecule has 0 spiro atoms. The van der Waals surface area contributed by atoms with E-state index < -0.39 is 25.7 Å². The summed E-state index contributed by atoms with van der Waals surface area (Å²) in [7, 11) is 0. The maximum atomic E-state index is 8.89. The van der Waals surface area contributed by atoms with E-state index in [2.05, 4.69) is 62.3 Å². The first-order chi connectivity index (χ1) is 7.10. The van der Waals surface area contributed by atoms with E-state index >= 15 is 0 Å². The minimum absolute atomic E-state index is 0.582. The molecule has 2 nitrogen and oxygen atoms in total. The Hall–Kier alpha value is 0.269. The van der Waals surface area contributed by atoms with Crippen LogP contribution in [0.4, 0.5) is 0 Å². The van der Waals surface area contributed by atoms with Gasteiger partial charge in [0.15, 0.2) is 0 Å². The van der Waals surface area contributed by atoms with E-state index in [1.165, 1.54) is 0 Å². The van der Waals surface area contributed by atoms with E-state index in [0.29, 0.717) is 10.3 Å². The summed E-state index contributed by atoms with van der Waals surface area (Å²) in [6, 6.07) is 0. The van der Waals surface area contributed by atoms with Crippen molar-refractivity contribution >= 4 is 25.7 Å². The van der Waals surface area contributed by atoms with Gasteiger partial charge in [-0.05, 0) is 6.92 Å². The van der Waals surface area contributed by atoms with E-state index in [-0.39, 0.29) is 0 Å². The molecular formula is C14H30O2Sn.